The molecule has 1 saturated heterocycles. The van der Waals surface area contributed by atoms with Crippen LogP contribution in [0.1, 0.15) is 17.3 Å². The van der Waals surface area contributed by atoms with E-state index in [1.807, 2.05) is 6.92 Å². The molecule has 0 bridgehead atoms. The van der Waals surface area contributed by atoms with Crippen LogP contribution in [0.25, 0.3) is 0 Å². The van der Waals surface area contributed by atoms with E-state index in [2.05, 4.69) is 0 Å². The number of amides is 1. The van der Waals surface area contributed by atoms with Gasteiger partial charge in [0.1, 0.15) is 0 Å². The van der Waals surface area contributed by atoms with Crippen LogP contribution in [0, 0.1) is 0 Å². The van der Waals surface area contributed by atoms with Crippen LogP contribution < -0.4 is 0 Å². The Hall–Kier alpha value is -1.11. The SMILES string of the molecule is CC1CN(C(=O)c2ccc(Cl)c(S(C)(=O)=O)c2)CCO1. The fourth-order valence-electron chi connectivity index (χ4n) is 2.11. The van der Waals surface area contributed by atoms with E-state index in [0.29, 0.717) is 25.3 Å². The summed E-state index contributed by atoms with van der Waals surface area (Å²) in [5.74, 6) is -0.207. The minimum absolute atomic E-state index is 0.0191. The molecule has 1 aromatic rings. The summed E-state index contributed by atoms with van der Waals surface area (Å²) in [5.41, 5.74) is 0.323. The molecule has 20 heavy (non-hydrogen) atoms. The molecule has 0 radical (unpaired) electrons. The number of ether oxygens (including phenoxy) is 1. The Bertz CT molecular complexity index is 629. The van der Waals surface area contributed by atoms with Crippen LogP contribution in [0.15, 0.2) is 23.1 Å². The Kier molecular flexibility index (Phi) is 4.36. The number of benzene rings is 1. The molecule has 1 amide bonds. The topological polar surface area (TPSA) is 63.7 Å². The zero-order valence-electron chi connectivity index (χ0n) is 11.3. The second-order valence-corrected chi connectivity index (χ2v) is 7.24. The molecule has 1 aliphatic heterocycles. The maximum atomic E-state index is 12.4. The van der Waals surface area contributed by atoms with E-state index in [1.165, 1.54) is 12.1 Å². The normalized spacial score (nSPS) is 19.9. The summed E-state index contributed by atoms with van der Waals surface area (Å²) in [6.07, 6.45) is 1.05. The highest BCUT2D eigenvalue weighted by Gasteiger charge is 2.24. The smallest absolute Gasteiger partial charge is 0.254 e. The molecule has 1 unspecified atom stereocenters. The monoisotopic (exact) mass is 317 g/mol. The van der Waals surface area contributed by atoms with E-state index in [-0.39, 0.29) is 21.9 Å². The van der Waals surface area contributed by atoms with E-state index < -0.39 is 9.84 Å². The van der Waals surface area contributed by atoms with Crippen molar-refractivity contribution in [2.45, 2.75) is 17.9 Å². The second kappa shape index (κ2) is 5.71. The fraction of sp³-hybridized carbons (Fsp3) is 0.462. The first-order valence-electron chi connectivity index (χ1n) is 6.19. The minimum atomic E-state index is -3.46. The van der Waals surface area contributed by atoms with Gasteiger partial charge in [-0.2, -0.15) is 0 Å². The zero-order chi connectivity index (χ0) is 14.9. The van der Waals surface area contributed by atoms with E-state index in [4.69, 9.17) is 16.3 Å². The summed E-state index contributed by atoms with van der Waals surface area (Å²) in [4.78, 5) is 14.0. The van der Waals surface area contributed by atoms with Gasteiger partial charge < -0.3 is 9.64 Å². The molecule has 1 fully saturated rings. The second-order valence-electron chi connectivity index (χ2n) is 4.85. The molecule has 0 spiro atoms. The van der Waals surface area contributed by atoms with Crippen molar-refractivity contribution in [3.8, 4) is 0 Å². The largest absolute Gasteiger partial charge is 0.375 e. The summed E-state index contributed by atoms with van der Waals surface area (Å²) in [6, 6.07) is 4.31. The molecule has 2 rings (SSSR count). The van der Waals surface area contributed by atoms with Crippen LogP contribution in [-0.4, -0.2) is 51.3 Å². The molecule has 0 aromatic heterocycles. The molecule has 0 aliphatic carbocycles. The number of hydrogen-bond acceptors (Lipinski definition) is 4. The number of halogens is 1. The summed E-state index contributed by atoms with van der Waals surface area (Å²) in [5, 5.41) is 0.124. The zero-order valence-corrected chi connectivity index (χ0v) is 12.9. The summed E-state index contributed by atoms with van der Waals surface area (Å²) >= 11 is 5.87. The van der Waals surface area contributed by atoms with Crippen LogP contribution in [0.3, 0.4) is 0 Å². The lowest BCUT2D eigenvalue weighted by Crippen LogP contribution is -2.44. The van der Waals surface area contributed by atoms with Gasteiger partial charge in [-0.05, 0) is 25.1 Å². The molecule has 7 heteroatoms. The average molecular weight is 318 g/mol. The fourth-order valence-corrected chi connectivity index (χ4v) is 3.41. The number of hydrogen-bond donors (Lipinski definition) is 0. The van der Waals surface area contributed by atoms with Crippen molar-refractivity contribution < 1.29 is 17.9 Å². The molecule has 1 aromatic carbocycles. The first-order chi connectivity index (χ1) is 9.29. The highest BCUT2D eigenvalue weighted by molar-refractivity contribution is 7.90. The van der Waals surface area contributed by atoms with Gasteiger partial charge in [-0.25, -0.2) is 8.42 Å². The Morgan fingerprint density at radius 2 is 2.15 bits per heavy atom. The molecule has 1 aliphatic rings. The van der Waals surface area contributed by atoms with Gasteiger partial charge in [-0.1, -0.05) is 11.6 Å². The Morgan fingerprint density at radius 1 is 1.45 bits per heavy atom. The van der Waals surface area contributed by atoms with Crippen molar-refractivity contribution in [2.75, 3.05) is 26.0 Å². The number of morpholine rings is 1. The molecule has 5 nitrogen and oxygen atoms in total. The molecule has 0 N–H and O–H groups in total. The lowest BCUT2D eigenvalue weighted by Gasteiger charge is -2.31. The van der Waals surface area contributed by atoms with E-state index >= 15 is 0 Å². The van der Waals surface area contributed by atoms with Gasteiger partial charge in [0.2, 0.25) is 0 Å². The maximum Gasteiger partial charge on any atom is 0.254 e. The molecular weight excluding hydrogens is 302 g/mol. The van der Waals surface area contributed by atoms with Crippen LogP contribution >= 0.6 is 11.6 Å². The van der Waals surface area contributed by atoms with Gasteiger partial charge in [-0.3, -0.25) is 4.79 Å². The number of sulfone groups is 1. The number of carbonyl (C=O) groups is 1. The standard InChI is InChI=1S/C13H16ClNO4S/c1-9-8-15(5-6-19-9)13(16)10-3-4-11(14)12(7-10)20(2,17)18/h3-4,7,9H,5-6,8H2,1-2H3. The van der Waals surface area contributed by atoms with Crippen LogP contribution in [-0.2, 0) is 14.6 Å². The van der Waals surface area contributed by atoms with Crippen molar-refractivity contribution >= 4 is 27.3 Å². The van der Waals surface area contributed by atoms with E-state index in [1.54, 1.807) is 11.0 Å². The Balaban J connectivity index is 2.31. The third-order valence-corrected chi connectivity index (χ3v) is 4.68. The average Bonchev–Trinajstić information content (AvgIpc) is 2.37. The first kappa shape index (κ1) is 15.3. The Morgan fingerprint density at radius 3 is 2.75 bits per heavy atom. The number of rotatable bonds is 2. The summed E-state index contributed by atoms with van der Waals surface area (Å²) in [6.45, 7) is 3.37. The predicted molar refractivity (Wildman–Crippen MR) is 75.9 cm³/mol. The van der Waals surface area contributed by atoms with Crippen molar-refractivity contribution in [3.05, 3.63) is 28.8 Å². The third kappa shape index (κ3) is 3.31. The minimum Gasteiger partial charge on any atom is -0.375 e. The van der Waals surface area contributed by atoms with Crippen LogP contribution in [0.2, 0.25) is 5.02 Å². The lowest BCUT2D eigenvalue weighted by atomic mass is 10.2. The quantitative estimate of drug-likeness (QED) is 0.831. The number of nitrogens with zero attached hydrogens (tertiary/aromatic N) is 1. The molecule has 1 heterocycles. The van der Waals surface area contributed by atoms with Crippen LogP contribution in [0.5, 0.6) is 0 Å². The molecular formula is C13H16ClNO4S. The van der Waals surface area contributed by atoms with Crippen molar-refractivity contribution in [1.82, 2.24) is 4.90 Å². The van der Waals surface area contributed by atoms with Crippen molar-refractivity contribution in [3.63, 3.8) is 0 Å². The number of carbonyl (C=O) groups excluding carboxylic acids is 1. The van der Waals surface area contributed by atoms with Crippen LogP contribution in [0.4, 0.5) is 0 Å². The summed E-state index contributed by atoms with van der Waals surface area (Å²) in [7, 11) is -3.46. The van der Waals surface area contributed by atoms with Gasteiger partial charge in [0.15, 0.2) is 9.84 Å². The van der Waals surface area contributed by atoms with Gasteiger partial charge >= 0.3 is 0 Å². The van der Waals surface area contributed by atoms with E-state index in [9.17, 15) is 13.2 Å². The highest BCUT2D eigenvalue weighted by Crippen LogP contribution is 2.23. The van der Waals surface area contributed by atoms with E-state index in [0.717, 1.165) is 6.26 Å². The predicted octanol–water partition coefficient (Wildman–Crippen LogP) is 1.60. The first-order valence-corrected chi connectivity index (χ1v) is 8.46. The van der Waals surface area contributed by atoms with Crippen molar-refractivity contribution in [1.29, 1.82) is 0 Å². The molecule has 0 saturated carbocycles. The van der Waals surface area contributed by atoms with Gasteiger partial charge in [-0.15, -0.1) is 0 Å². The third-order valence-electron chi connectivity index (χ3n) is 3.11. The molecule has 1 atom stereocenters. The van der Waals surface area contributed by atoms with Gasteiger partial charge in [0.05, 0.1) is 22.6 Å². The lowest BCUT2D eigenvalue weighted by molar-refractivity contribution is -0.0124. The maximum absolute atomic E-state index is 12.4. The molecule has 110 valence electrons. The summed E-state index contributed by atoms with van der Waals surface area (Å²) < 4.78 is 28.6. The van der Waals surface area contributed by atoms with Gasteiger partial charge in [0.25, 0.3) is 5.91 Å². The van der Waals surface area contributed by atoms with Gasteiger partial charge in [0, 0.05) is 24.9 Å². The highest BCUT2D eigenvalue weighted by atomic mass is 35.5. The Labute approximate surface area is 123 Å². The van der Waals surface area contributed by atoms with Crippen molar-refractivity contribution in [2.24, 2.45) is 0 Å².